The van der Waals surface area contributed by atoms with Crippen LogP contribution in [0.2, 0.25) is 0 Å². The van der Waals surface area contributed by atoms with Crippen molar-refractivity contribution < 1.29 is 8.42 Å². The highest BCUT2D eigenvalue weighted by molar-refractivity contribution is 7.92. The van der Waals surface area contributed by atoms with Crippen LogP contribution in [0.3, 0.4) is 0 Å². The molecule has 0 atom stereocenters. The van der Waals surface area contributed by atoms with Crippen molar-refractivity contribution in [2.75, 3.05) is 25.1 Å². The normalized spacial score (nSPS) is 12.9. The lowest BCUT2D eigenvalue weighted by molar-refractivity contribution is 0.345. The molecule has 0 fully saturated rings. The minimum atomic E-state index is -3.05. The fraction of sp³-hybridized carbons (Fsp3) is 0.571. The Bertz CT molecular complexity index is 501. The Hall–Kier alpha value is -1.07. The fourth-order valence-electron chi connectivity index (χ4n) is 1.60. The molecule has 0 heterocycles. The first-order chi connectivity index (χ1) is 8.62. The third-order valence-electron chi connectivity index (χ3n) is 3.11. The van der Waals surface area contributed by atoms with Crippen LogP contribution in [0.4, 0.5) is 5.69 Å². The molecule has 1 aromatic rings. The first-order valence-corrected chi connectivity index (χ1v) is 8.02. The maximum Gasteiger partial charge on any atom is 0.156 e. The van der Waals surface area contributed by atoms with Crippen molar-refractivity contribution in [3.63, 3.8) is 0 Å². The van der Waals surface area contributed by atoms with E-state index in [2.05, 4.69) is 0 Å². The largest absolute Gasteiger partial charge is 0.399 e. The van der Waals surface area contributed by atoms with Crippen LogP contribution < -0.4 is 5.73 Å². The van der Waals surface area contributed by atoms with Gasteiger partial charge >= 0.3 is 0 Å². The Morgan fingerprint density at radius 1 is 1.16 bits per heavy atom. The van der Waals surface area contributed by atoms with Gasteiger partial charge in [-0.2, -0.15) is 0 Å². The summed E-state index contributed by atoms with van der Waals surface area (Å²) in [4.78, 5) is 2.01. The number of hydrogen-bond acceptors (Lipinski definition) is 4. The highest BCUT2D eigenvalue weighted by Crippen LogP contribution is 2.16. The van der Waals surface area contributed by atoms with Crippen molar-refractivity contribution in [2.24, 2.45) is 0 Å². The van der Waals surface area contributed by atoms with Gasteiger partial charge in [-0.05, 0) is 45.5 Å². The predicted molar refractivity (Wildman–Crippen MR) is 80.7 cm³/mol. The monoisotopic (exact) mass is 284 g/mol. The van der Waals surface area contributed by atoms with Gasteiger partial charge in [0.25, 0.3) is 0 Å². The predicted octanol–water partition coefficient (Wildman–Crippen LogP) is 1.91. The number of benzene rings is 1. The molecule has 2 N–H and O–H groups in total. The molecule has 0 bridgehead atoms. The molecule has 0 amide bonds. The van der Waals surface area contributed by atoms with Crippen molar-refractivity contribution in [2.45, 2.75) is 32.1 Å². The molecule has 108 valence electrons. The van der Waals surface area contributed by atoms with E-state index < -0.39 is 14.6 Å². The molecule has 0 aromatic heterocycles. The van der Waals surface area contributed by atoms with Gasteiger partial charge in [-0.25, -0.2) is 8.42 Å². The van der Waals surface area contributed by atoms with Crippen LogP contribution in [-0.2, 0) is 16.4 Å². The van der Waals surface area contributed by atoms with Gasteiger partial charge in [-0.15, -0.1) is 0 Å². The summed E-state index contributed by atoms with van der Waals surface area (Å²) < 4.78 is 23.3. The molecule has 0 spiro atoms. The zero-order valence-corrected chi connectivity index (χ0v) is 13.0. The maximum absolute atomic E-state index is 12.0. The van der Waals surface area contributed by atoms with E-state index >= 15 is 0 Å². The minimum Gasteiger partial charge on any atom is -0.399 e. The summed E-state index contributed by atoms with van der Waals surface area (Å²) in [6.45, 7) is 6.47. The molecule has 1 rings (SSSR count). The van der Waals surface area contributed by atoms with Gasteiger partial charge in [0.15, 0.2) is 9.84 Å². The van der Waals surface area contributed by atoms with Crippen LogP contribution in [0.15, 0.2) is 24.3 Å². The molecule has 19 heavy (non-hydrogen) atoms. The van der Waals surface area contributed by atoms with Crippen molar-refractivity contribution in [1.29, 1.82) is 0 Å². The quantitative estimate of drug-likeness (QED) is 0.839. The lowest BCUT2D eigenvalue weighted by Crippen LogP contribution is -2.35. The summed E-state index contributed by atoms with van der Waals surface area (Å²) in [5.74, 6) is 0.183. The molecule has 5 heteroatoms. The van der Waals surface area contributed by atoms with E-state index in [4.69, 9.17) is 5.73 Å². The zero-order chi connectivity index (χ0) is 14.7. The highest BCUT2D eigenvalue weighted by atomic mass is 32.2. The molecule has 0 aliphatic carbocycles. The van der Waals surface area contributed by atoms with Crippen molar-refractivity contribution in [3.05, 3.63) is 29.8 Å². The van der Waals surface area contributed by atoms with E-state index in [1.807, 2.05) is 36.2 Å². The van der Waals surface area contributed by atoms with Gasteiger partial charge in [0.05, 0.1) is 10.5 Å². The molecule has 0 unspecified atom stereocenters. The number of hydrogen-bond donors (Lipinski definition) is 1. The number of nitrogens with zero attached hydrogens (tertiary/aromatic N) is 1. The second-order valence-corrected chi connectivity index (χ2v) is 8.77. The highest BCUT2D eigenvalue weighted by Gasteiger charge is 2.28. The second-order valence-electron chi connectivity index (χ2n) is 5.91. The lowest BCUT2D eigenvalue weighted by Gasteiger charge is -2.22. The third kappa shape index (κ3) is 4.84. The minimum absolute atomic E-state index is 0.183. The second kappa shape index (κ2) is 5.92. The summed E-state index contributed by atoms with van der Waals surface area (Å²) in [7, 11) is -1.13. The Balaban J connectivity index is 2.53. The smallest absolute Gasteiger partial charge is 0.156 e. The van der Waals surface area contributed by atoms with E-state index in [0.717, 1.165) is 17.8 Å². The molecular formula is C14H24N2O2S. The Labute approximate surface area is 116 Å². The van der Waals surface area contributed by atoms with Gasteiger partial charge in [0.1, 0.15) is 0 Å². The molecule has 0 saturated heterocycles. The molecule has 0 saturated carbocycles. The molecule has 0 radical (unpaired) electrons. The summed E-state index contributed by atoms with van der Waals surface area (Å²) in [6.07, 6.45) is 0. The summed E-state index contributed by atoms with van der Waals surface area (Å²) in [5, 5.41) is 0. The van der Waals surface area contributed by atoms with Gasteiger partial charge in [-0.3, -0.25) is 0 Å². The standard InChI is InChI=1S/C14H24N2O2S/c1-14(2,3)19(17,18)10-9-16(4)11-12-5-7-13(15)8-6-12/h5-8H,9-11,15H2,1-4H3. The van der Waals surface area contributed by atoms with E-state index in [0.29, 0.717) is 6.54 Å². The van der Waals surface area contributed by atoms with Crippen LogP contribution in [-0.4, -0.2) is 37.4 Å². The average molecular weight is 284 g/mol. The Kier molecular flexibility index (Phi) is 4.98. The van der Waals surface area contributed by atoms with Gasteiger partial charge < -0.3 is 10.6 Å². The van der Waals surface area contributed by atoms with Crippen LogP contribution in [0, 0.1) is 0 Å². The van der Waals surface area contributed by atoms with Gasteiger partial charge in [-0.1, -0.05) is 12.1 Å². The van der Waals surface area contributed by atoms with E-state index in [1.165, 1.54) is 0 Å². The van der Waals surface area contributed by atoms with Crippen LogP contribution >= 0.6 is 0 Å². The molecular weight excluding hydrogens is 260 g/mol. The van der Waals surface area contributed by atoms with E-state index in [-0.39, 0.29) is 5.75 Å². The zero-order valence-electron chi connectivity index (χ0n) is 12.2. The molecule has 4 nitrogen and oxygen atoms in total. The number of rotatable bonds is 5. The summed E-state index contributed by atoms with van der Waals surface area (Å²) >= 11 is 0. The maximum atomic E-state index is 12.0. The van der Waals surface area contributed by atoms with Crippen LogP contribution in [0.5, 0.6) is 0 Å². The number of anilines is 1. The van der Waals surface area contributed by atoms with E-state index in [1.54, 1.807) is 20.8 Å². The summed E-state index contributed by atoms with van der Waals surface area (Å²) in [6, 6.07) is 7.64. The first-order valence-electron chi connectivity index (χ1n) is 6.37. The Morgan fingerprint density at radius 3 is 2.16 bits per heavy atom. The van der Waals surface area contributed by atoms with Crippen LogP contribution in [0.25, 0.3) is 0 Å². The Morgan fingerprint density at radius 2 is 1.68 bits per heavy atom. The number of nitrogen functional groups attached to an aromatic ring is 1. The summed E-state index contributed by atoms with van der Waals surface area (Å²) in [5.41, 5.74) is 7.50. The van der Waals surface area contributed by atoms with Crippen LogP contribution in [0.1, 0.15) is 26.3 Å². The molecule has 0 aliphatic heterocycles. The third-order valence-corrected chi connectivity index (χ3v) is 5.69. The molecule has 1 aromatic carbocycles. The first kappa shape index (κ1) is 16.0. The van der Waals surface area contributed by atoms with Crippen molar-refractivity contribution >= 4 is 15.5 Å². The topological polar surface area (TPSA) is 63.4 Å². The van der Waals surface area contributed by atoms with Gasteiger partial charge in [0, 0.05) is 18.8 Å². The van der Waals surface area contributed by atoms with Crippen molar-refractivity contribution in [1.82, 2.24) is 4.90 Å². The fourth-order valence-corrected chi connectivity index (χ4v) is 2.76. The number of sulfone groups is 1. The average Bonchev–Trinajstić information content (AvgIpc) is 2.28. The van der Waals surface area contributed by atoms with Gasteiger partial charge in [0.2, 0.25) is 0 Å². The lowest BCUT2D eigenvalue weighted by atomic mass is 10.2. The SMILES string of the molecule is CN(CCS(=O)(=O)C(C)(C)C)Cc1ccc(N)cc1. The number of nitrogens with two attached hydrogens (primary N) is 1. The van der Waals surface area contributed by atoms with E-state index in [9.17, 15) is 8.42 Å². The van der Waals surface area contributed by atoms with Crippen molar-refractivity contribution in [3.8, 4) is 0 Å². The molecule has 0 aliphatic rings.